The molecule has 138 valence electrons. The number of nitrogens with zero attached hydrogens (tertiary/aromatic N) is 3. The molecular formula is C20H15N5O3. The van der Waals surface area contributed by atoms with Crippen molar-refractivity contribution in [2.75, 3.05) is 23.8 Å². The van der Waals surface area contributed by atoms with Crippen LogP contribution in [0.5, 0.6) is 11.5 Å². The predicted octanol–water partition coefficient (Wildman–Crippen LogP) is 3.12. The van der Waals surface area contributed by atoms with Crippen molar-refractivity contribution in [3.05, 3.63) is 66.1 Å². The number of amides is 1. The van der Waals surface area contributed by atoms with E-state index in [2.05, 4.69) is 26.7 Å². The summed E-state index contributed by atoms with van der Waals surface area (Å²) in [7, 11) is 0. The SMILES string of the molecule is N#Cc1ccc(Nc2cc(C(=O)Nc3ccc4c(c3)OCCO4)ncn2)cc1. The van der Waals surface area contributed by atoms with Gasteiger partial charge in [-0.3, -0.25) is 4.79 Å². The molecule has 2 heterocycles. The zero-order valence-corrected chi connectivity index (χ0v) is 14.7. The zero-order valence-electron chi connectivity index (χ0n) is 14.7. The van der Waals surface area contributed by atoms with Gasteiger partial charge < -0.3 is 20.1 Å². The van der Waals surface area contributed by atoms with E-state index in [0.29, 0.717) is 41.8 Å². The van der Waals surface area contributed by atoms with E-state index in [9.17, 15) is 4.79 Å². The molecule has 3 aromatic rings. The number of rotatable bonds is 4. The molecule has 0 spiro atoms. The van der Waals surface area contributed by atoms with E-state index in [-0.39, 0.29) is 11.6 Å². The van der Waals surface area contributed by atoms with Crippen molar-refractivity contribution in [2.45, 2.75) is 0 Å². The maximum atomic E-state index is 12.5. The van der Waals surface area contributed by atoms with Gasteiger partial charge in [0, 0.05) is 23.5 Å². The molecule has 0 aliphatic carbocycles. The average Bonchev–Trinajstić information content (AvgIpc) is 2.74. The molecule has 0 fully saturated rings. The largest absolute Gasteiger partial charge is 0.486 e. The fraction of sp³-hybridized carbons (Fsp3) is 0.100. The molecule has 4 rings (SSSR count). The highest BCUT2D eigenvalue weighted by molar-refractivity contribution is 6.03. The molecule has 28 heavy (non-hydrogen) atoms. The molecule has 1 aromatic heterocycles. The van der Waals surface area contributed by atoms with E-state index in [1.807, 2.05) is 0 Å². The van der Waals surface area contributed by atoms with Gasteiger partial charge >= 0.3 is 0 Å². The van der Waals surface area contributed by atoms with E-state index < -0.39 is 0 Å². The van der Waals surface area contributed by atoms with Gasteiger partial charge in [0.05, 0.1) is 11.6 Å². The molecule has 0 saturated heterocycles. The van der Waals surface area contributed by atoms with Gasteiger partial charge in [-0.15, -0.1) is 0 Å². The summed E-state index contributed by atoms with van der Waals surface area (Å²) in [5, 5.41) is 14.7. The number of anilines is 3. The maximum absolute atomic E-state index is 12.5. The summed E-state index contributed by atoms with van der Waals surface area (Å²) in [6.07, 6.45) is 1.31. The van der Waals surface area contributed by atoms with Gasteiger partial charge in [0.25, 0.3) is 5.91 Å². The van der Waals surface area contributed by atoms with Gasteiger partial charge in [0.1, 0.15) is 31.1 Å². The van der Waals surface area contributed by atoms with Crippen LogP contribution in [0.1, 0.15) is 16.1 Å². The van der Waals surface area contributed by atoms with Crippen LogP contribution in [0, 0.1) is 11.3 Å². The van der Waals surface area contributed by atoms with Crippen molar-refractivity contribution in [3.8, 4) is 17.6 Å². The zero-order chi connectivity index (χ0) is 19.3. The predicted molar refractivity (Wildman–Crippen MR) is 102 cm³/mol. The summed E-state index contributed by atoms with van der Waals surface area (Å²) in [5.74, 6) is 1.34. The maximum Gasteiger partial charge on any atom is 0.274 e. The monoisotopic (exact) mass is 373 g/mol. The molecule has 0 bridgehead atoms. The highest BCUT2D eigenvalue weighted by Gasteiger charge is 2.14. The lowest BCUT2D eigenvalue weighted by Gasteiger charge is -2.19. The van der Waals surface area contributed by atoms with Crippen LogP contribution in [0.2, 0.25) is 0 Å². The number of nitrogens with one attached hydrogen (secondary N) is 2. The Morgan fingerprint density at radius 2 is 1.71 bits per heavy atom. The number of hydrogen-bond donors (Lipinski definition) is 2. The van der Waals surface area contributed by atoms with Crippen molar-refractivity contribution >= 4 is 23.1 Å². The van der Waals surface area contributed by atoms with Crippen LogP contribution in [0.4, 0.5) is 17.2 Å². The van der Waals surface area contributed by atoms with Crippen LogP contribution in [-0.4, -0.2) is 29.1 Å². The first kappa shape index (κ1) is 17.3. The van der Waals surface area contributed by atoms with E-state index in [1.165, 1.54) is 6.33 Å². The number of aromatic nitrogens is 2. The number of carbonyl (C=O) groups excluding carboxylic acids is 1. The Morgan fingerprint density at radius 1 is 0.964 bits per heavy atom. The Kier molecular flexibility index (Phi) is 4.72. The fourth-order valence-electron chi connectivity index (χ4n) is 2.64. The third-order valence-electron chi connectivity index (χ3n) is 3.99. The normalized spacial score (nSPS) is 12.0. The second kappa shape index (κ2) is 7.63. The first-order chi connectivity index (χ1) is 13.7. The molecular weight excluding hydrogens is 358 g/mol. The number of hydrogen-bond acceptors (Lipinski definition) is 7. The standard InChI is InChI=1S/C20H15N5O3/c21-11-13-1-3-14(4-2-13)24-19-10-16(22-12-23-19)20(26)25-15-5-6-17-18(9-15)28-8-7-27-17/h1-6,9-10,12H,7-8H2,(H,25,26)(H,22,23,24). The Morgan fingerprint density at radius 3 is 2.50 bits per heavy atom. The second-order valence-corrected chi connectivity index (χ2v) is 5.92. The van der Waals surface area contributed by atoms with E-state index in [4.69, 9.17) is 14.7 Å². The fourth-order valence-corrected chi connectivity index (χ4v) is 2.64. The summed E-state index contributed by atoms with van der Waals surface area (Å²) in [4.78, 5) is 20.7. The van der Waals surface area contributed by atoms with Gasteiger partial charge in [-0.25, -0.2) is 9.97 Å². The minimum Gasteiger partial charge on any atom is -0.486 e. The molecule has 0 radical (unpaired) electrons. The summed E-state index contributed by atoms with van der Waals surface area (Å²) < 4.78 is 11.0. The second-order valence-electron chi connectivity index (χ2n) is 5.92. The third-order valence-corrected chi connectivity index (χ3v) is 3.99. The van der Waals surface area contributed by atoms with E-state index in [1.54, 1.807) is 48.5 Å². The number of ether oxygens (including phenoxy) is 2. The van der Waals surface area contributed by atoms with Crippen molar-refractivity contribution in [3.63, 3.8) is 0 Å². The molecule has 1 aliphatic heterocycles. The number of benzene rings is 2. The van der Waals surface area contributed by atoms with Crippen LogP contribution in [0.25, 0.3) is 0 Å². The quantitative estimate of drug-likeness (QED) is 0.723. The van der Waals surface area contributed by atoms with Crippen LogP contribution >= 0.6 is 0 Å². The van der Waals surface area contributed by atoms with Gasteiger partial charge in [-0.1, -0.05) is 0 Å². The molecule has 0 unspecified atom stereocenters. The van der Waals surface area contributed by atoms with Gasteiger partial charge in [0.2, 0.25) is 0 Å². The molecule has 8 nitrogen and oxygen atoms in total. The highest BCUT2D eigenvalue weighted by atomic mass is 16.6. The van der Waals surface area contributed by atoms with E-state index >= 15 is 0 Å². The van der Waals surface area contributed by atoms with Crippen molar-refractivity contribution < 1.29 is 14.3 Å². The minimum absolute atomic E-state index is 0.209. The Hall–Kier alpha value is -4.12. The molecule has 0 saturated carbocycles. The van der Waals surface area contributed by atoms with Gasteiger partial charge in [-0.2, -0.15) is 5.26 Å². The van der Waals surface area contributed by atoms with Crippen molar-refractivity contribution in [1.29, 1.82) is 5.26 Å². The van der Waals surface area contributed by atoms with Crippen LogP contribution < -0.4 is 20.1 Å². The molecule has 2 aromatic carbocycles. The average molecular weight is 373 g/mol. The van der Waals surface area contributed by atoms with Crippen molar-refractivity contribution in [1.82, 2.24) is 9.97 Å². The summed E-state index contributed by atoms with van der Waals surface area (Å²) in [6.45, 7) is 0.981. The number of fused-ring (bicyclic) bond motifs is 1. The van der Waals surface area contributed by atoms with Crippen LogP contribution in [-0.2, 0) is 0 Å². The Labute approximate surface area is 160 Å². The van der Waals surface area contributed by atoms with Crippen LogP contribution in [0.3, 0.4) is 0 Å². The summed E-state index contributed by atoms with van der Waals surface area (Å²) in [6, 6.07) is 15.7. The molecule has 2 N–H and O–H groups in total. The smallest absolute Gasteiger partial charge is 0.274 e. The first-order valence-corrected chi connectivity index (χ1v) is 8.51. The van der Waals surface area contributed by atoms with Gasteiger partial charge in [-0.05, 0) is 36.4 Å². The summed E-state index contributed by atoms with van der Waals surface area (Å²) >= 11 is 0. The van der Waals surface area contributed by atoms with E-state index in [0.717, 1.165) is 5.69 Å². The topological polar surface area (TPSA) is 109 Å². The lowest BCUT2D eigenvalue weighted by atomic mass is 10.2. The number of carbonyl (C=O) groups is 1. The molecule has 1 amide bonds. The lowest BCUT2D eigenvalue weighted by Crippen LogP contribution is -2.17. The summed E-state index contributed by atoms with van der Waals surface area (Å²) in [5.41, 5.74) is 2.10. The van der Waals surface area contributed by atoms with Gasteiger partial charge in [0.15, 0.2) is 11.5 Å². The molecule has 8 heteroatoms. The van der Waals surface area contributed by atoms with Crippen LogP contribution in [0.15, 0.2) is 54.9 Å². The Balaban J connectivity index is 1.47. The lowest BCUT2D eigenvalue weighted by molar-refractivity contribution is 0.102. The third kappa shape index (κ3) is 3.83. The number of nitriles is 1. The highest BCUT2D eigenvalue weighted by Crippen LogP contribution is 2.32. The Bertz CT molecular complexity index is 1060. The molecule has 1 aliphatic rings. The molecule has 0 atom stereocenters. The first-order valence-electron chi connectivity index (χ1n) is 8.51. The minimum atomic E-state index is -0.373. The van der Waals surface area contributed by atoms with Crippen molar-refractivity contribution in [2.24, 2.45) is 0 Å².